The highest BCUT2D eigenvalue weighted by molar-refractivity contribution is 5.68. The number of rotatable bonds is 4. The summed E-state index contributed by atoms with van der Waals surface area (Å²) in [5.41, 5.74) is 0. The SMILES string of the molecule is CC(=O)OC[C@H]1OC(C)=C[C@@H](OC(C)=O)[C@H]1OC(C)=O. The molecule has 112 valence electrons. The normalized spacial score (nSPS) is 25.0. The van der Waals surface area contributed by atoms with Gasteiger partial charge in [0.15, 0.2) is 18.3 Å². The Balaban J connectivity index is 2.89. The Bertz CT molecular complexity index is 426. The lowest BCUT2D eigenvalue weighted by atomic mass is 10.0. The number of hydrogen-bond donors (Lipinski definition) is 0. The lowest BCUT2D eigenvalue weighted by Crippen LogP contribution is -2.48. The van der Waals surface area contributed by atoms with Crippen LogP contribution in [-0.2, 0) is 33.3 Å². The zero-order valence-electron chi connectivity index (χ0n) is 11.9. The Labute approximate surface area is 116 Å². The van der Waals surface area contributed by atoms with Crippen LogP contribution in [0.1, 0.15) is 27.7 Å². The molecule has 0 aromatic heterocycles. The van der Waals surface area contributed by atoms with E-state index in [9.17, 15) is 14.4 Å². The maximum atomic E-state index is 11.2. The highest BCUT2D eigenvalue weighted by Gasteiger charge is 2.39. The minimum Gasteiger partial charge on any atom is -0.488 e. The fourth-order valence-corrected chi connectivity index (χ4v) is 1.84. The molecule has 0 saturated heterocycles. The van der Waals surface area contributed by atoms with Crippen molar-refractivity contribution in [3.63, 3.8) is 0 Å². The molecule has 1 heterocycles. The van der Waals surface area contributed by atoms with Crippen LogP contribution in [0, 0.1) is 0 Å². The summed E-state index contributed by atoms with van der Waals surface area (Å²) in [5, 5.41) is 0. The molecule has 20 heavy (non-hydrogen) atoms. The Morgan fingerprint density at radius 1 is 1.10 bits per heavy atom. The van der Waals surface area contributed by atoms with Crippen molar-refractivity contribution in [3.8, 4) is 0 Å². The fraction of sp³-hybridized carbons (Fsp3) is 0.615. The quantitative estimate of drug-likeness (QED) is 0.555. The van der Waals surface area contributed by atoms with Crippen molar-refractivity contribution in [3.05, 3.63) is 11.8 Å². The lowest BCUT2D eigenvalue weighted by molar-refractivity contribution is -0.180. The molecule has 0 saturated carbocycles. The van der Waals surface area contributed by atoms with E-state index in [0.717, 1.165) is 0 Å². The van der Waals surface area contributed by atoms with Crippen molar-refractivity contribution < 1.29 is 33.3 Å². The molecule has 1 aliphatic rings. The highest BCUT2D eigenvalue weighted by atomic mass is 16.6. The van der Waals surface area contributed by atoms with E-state index in [-0.39, 0.29) is 6.61 Å². The summed E-state index contributed by atoms with van der Waals surface area (Å²) in [6.07, 6.45) is -0.818. The van der Waals surface area contributed by atoms with Crippen LogP contribution in [0.15, 0.2) is 11.8 Å². The van der Waals surface area contributed by atoms with E-state index in [0.29, 0.717) is 5.76 Å². The molecule has 7 heteroatoms. The van der Waals surface area contributed by atoms with Crippen molar-refractivity contribution in [2.24, 2.45) is 0 Å². The maximum absolute atomic E-state index is 11.2. The summed E-state index contributed by atoms with van der Waals surface area (Å²) in [5.74, 6) is -1.04. The van der Waals surface area contributed by atoms with Crippen LogP contribution < -0.4 is 0 Å². The molecular formula is C13H18O7. The van der Waals surface area contributed by atoms with E-state index < -0.39 is 36.2 Å². The predicted octanol–water partition coefficient (Wildman–Crippen LogP) is 0.716. The zero-order valence-corrected chi connectivity index (χ0v) is 11.9. The van der Waals surface area contributed by atoms with Crippen molar-refractivity contribution in [1.82, 2.24) is 0 Å². The van der Waals surface area contributed by atoms with Gasteiger partial charge in [-0.2, -0.15) is 0 Å². The van der Waals surface area contributed by atoms with Crippen LogP contribution in [0.4, 0.5) is 0 Å². The first-order valence-electron chi connectivity index (χ1n) is 6.12. The molecule has 0 amide bonds. The molecule has 1 rings (SSSR count). The second-order valence-electron chi connectivity index (χ2n) is 4.38. The van der Waals surface area contributed by atoms with Crippen LogP contribution in [-0.4, -0.2) is 42.8 Å². The number of ether oxygens (including phenoxy) is 4. The average Bonchev–Trinajstić information content (AvgIpc) is 2.28. The first-order chi connectivity index (χ1) is 9.29. The van der Waals surface area contributed by atoms with Gasteiger partial charge in [0.25, 0.3) is 0 Å². The van der Waals surface area contributed by atoms with Gasteiger partial charge in [-0.25, -0.2) is 0 Å². The molecule has 0 spiro atoms. The molecule has 0 aromatic rings. The molecule has 0 radical (unpaired) electrons. The van der Waals surface area contributed by atoms with Gasteiger partial charge < -0.3 is 18.9 Å². The molecule has 0 fully saturated rings. The van der Waals surface area contributed by atoms with E-state index in [4.69, 9.17) is 18.9 Å². The second-order valence-corrected chi connectivity index (χ2v) is 4.38. The fourth-order valence-electron chi connectivity index (χ4n) is 1.84. The summed E-state index contributed by atoms with van der Waals surface area (Å²) in [6, 6.07) is 0. The predicted molar refractivity (Wildman–Crippen MR) is 66.4 cm³/mol. The molecule has 7 nitrogen and oxygen atoms in total. The van der Waals surface area contributed by atoms with Crippen LogP contribution in [0.25, 0.3) is 0 Å². The van der Waals surface area contributed by atoms with E-state index in [1.54, 1.807) is 13.0 Å². The standard InChI is InChI=1S/C13H18O7/c1-7-5-11(19-9(3)15)13(20-10(4)16)12(18-7)6-17-8(2)14/h5,11-13H,6H2,1-4H3/t11-,12-,13-/m1/s1. The Hall–Kier alpha value is -2.05. The van der Waals surface area contributed by atoms with Crippen LogP contribution in [0.5, 0.6) is 0 Å². The average molecular weight is 286 g/mol. The topological polar surface area (TPSA) is 88.1 Å². The Morgan fingerprint density at radius 2 is 1.70 bits per heavy atom. The van der Waals surface area contributed by atoms with Crippen LogP contribution in [0.2, 0.25) is 0 Å². The van der Waals surface area contributed by atoms with E-state index >= 15 is 0 Å². The Kier molecular flexibility index (Phi) is 5.54. The molecule has 1 aliphatic heterocycles. The summed E-state index contributed by atoms with van der Waals surface area (Å²) in [6.45, 7) is 5.32. The third-order valence-electron chi connectivity index (χ3n) is 2.48. The molecule has 0 aromatic carbocycles. The van der Waals surface area contributed by atoms with Gasteiger partial charge >= 0.3 is 17.9 Å². The summed E-state index contributed by atoms with van der Waals surface area (Å²) in [7, 11) is 0. The lowest BCUT2D eigenvalue weighted by Gasteiger charge is -2.34. The third-order valence-corrected chi connectivity index (χ3v) is 2.48. The minimum absolute atomic E-state index is 0.101. The summed E-state index contributed by atoms with van der Waals surface area (Å²) < 4.78 is 20.6. The highest BCUT2D eigenvalue weighted by Crippen LogP contribution is 2.23. The minimum atomic E-state index is -0.862. The number of esters is 3. The molecular weight excluding hydrogens is 268 g/mol. The summed E-state index contributed by atoms with van der Waals surface area (Å²) in [4.78, 5) is 33.1. The van der Waals surface area contributed by atoms with Crippen LogP contribution in [0.3, 0.4) is 0 Å². The van der Waals surface area contributed by atoms with Gasteiger partial charge in [0.1, 0.15) is 6.61 Å². The van der Waals surface area contributed by atoms with E-state index in [1.165, 1.54) is 20.8 Å². The number of carbonyl (C=O) groups excluding carboxylic acids is 3. The second kappa shape index (κ2) is 6.93. The van der Waals surface area contributed by atoms with Gasteiger partial charge in [-0.3, -0.25) is 14.4 Å². The van der Waals surface area contributed by atoms with E-state index in [1.807, 2.05) is 0 Å². The molecule has 0 unspecified atom stereocenters. The van der Waals surface area contributed by atoms with Gasteiger partial charge in [0, 0.05) is 20.8 Å². The van der Waals surface area contributed by atoms with Crippen molar-refractivity contribution in [2.45, 2.75) is 46.0 Å². The van der Waals surface area contributed by atoms with Crippen molar-refractivity contribution in [2.75, 3.05) is 6.61 Å². The van der Waals surface area contributed by atoms with Gasteiger partial charge in [-0.1, -0.05) is 0 Å². The zero-order chi connectivity index (χ0) is 15.3. The molecule has 3 atom stereocenters. The van der Waals surface area contributed by atoms with Gasteiger partial charge in [0.05, 0.1) is 5.76 Å². The number of allylic oxidation sites excluding steroid dienone is 1. The van der Waals surface area contributed by atoms with Gasteiger partial charge in [-0.15, -0.1) is 0 Å². The maximum Gasteiger partial charge on any atom is 0.303 e. The van der Waals surface area contributed by atoms with Crippen molar-refractivity contribution in [1.29, 1.82) is 0 Å². The van der Waals surface area contributed by atoms with E-state index in [2.05, 4.69) is 0 Å². The Morgan fingerprint density at radius 3 is 2.20 bits per heavy atom. The monoisotopic (exact) mass is 286 g/mol. The smallest absolute Gasteiger partial charge is 0.303 e. The largest absolute Gasteiger partial charge is 0.488 e. The van der Waals surface area contributed by atoms with Crippen LogP contribution >= 0.6 is 0 Å². The number of hydrogen-bond acceptors (Lipinski definition) is 7. The first kappa shape index (κ1) is 16.0. The molecule has 0 N–H and O–H groups in total. The van der Waals surface area contributed by atoms with Gasteiger partial charge in [-0.05, 0) is 13.0 Å². The first-order valence-corrected chi connectivity index (χ1v) is 6.12. The molecule has 0 aliphatic carbocycles. The third kappa shape index (κ3) is 4.91. The number of carbonyl (C=O) groups is 3. The van der Waals surface area contributed by atoms with Gasteiger partial charge in [0.2, 0.25) is 0 Å². The summed E-state index contributed by atoms with van der Waals surface area (Å²) >= 11 is 0. The van der Waals surface area contributed by atoms with Crippen molar-refractivity contribution >= 4 is 17.9 Å². The molecule has 0 bridgehead atoms.